The molecule has 1 saturated heterocycles. The second-order valence-corrected chi connectivity index (χ2v) is 3.06. The van der Waals surface area contributed by atoms with E-state index in [1.807, 2.05) is 25.8 Å². The van der Waals surface area contributed by atoms with Gasteiger partial charge in [0.1, 0.15) is 5.72 Å². The highest BCUT2D eigenvalue weighted by Crippen LogP contribution is 2.23. The number of ether oxygens (including phenoxy) is 1. The lowest BCUT2D eigenvalue weighted by atomic mass is 10.3. The van der Waals surface area contributed by atoms with Gasteiger partial charge < -0.3 is 4.74 Å². The third-order valence-corrected chi connectivity index (χ3v) is 1.93. The Bertz CT molecular complexity index is 171. The molecule has 1 unspecified atom stereocenters. The van der Waals surface area contributed by atoms with Gasteiger partial charge in [0.2, 0.25) is 0 Å². The molecule has 0 saturated carbocycles. The summed E-state index contributed by atoms with van der Waals surface area (Å²) in [5, 5.41) is 8.51. The van der Waals surface area contributed by atoms with E-state index in [4.69, 9.17) is 10.00 Å². The van der Waals surface area contributed by atoms with Gasteiger partial charge in [0, 0.05) is 6.54 Å². The minimum Gasteiger partial charge on any atom is -0.342 e. The maximum Gasteiger partial charge on any atom is 0.159 e. The Hall–Kier alpha value is -0.590. The summed E-state index contributed by atoms with van der Waals surface area (Å²) in [4.78, 5) is 2.03. The first kappa shape index (κ1) is 7.52. The molecule has 56 valence electrons. The van der Waals surface area contributed by atoms with Crippen molar-refractivity contribution in [3.8, 4) is 6.07 Å². The van der Waals surface area contributed by atoms with E-state index in [9.17, 15) is 0 Å². The third-order valence-electron chi connectivity index (χ3n) is 1.93. The zero-order valence-electron chi connectivity index (χ0n) is 6.59. The average molecular weight is 140 g/mol. The van der Waals surface area contributed by atoms with Gasteiger partial charge in [-0.05, 0) is 20.9 Å². The lowest BCUT2D eigenvalue weighted by Crippen LogP contribution is -2.35. The normalized spacial score (nSPS) is 32.0. The Labute approximate surface area is 61.2 Å². The Morgan fingerprint density at radius 2 is 2.30 bits per heavy atom. The molecule has 3 heteroatoms. The summed E-state index contributed by atoms with van der Waals surface area (Å²) in [7, 11) is 1.96. The van der Waals surface area contributed by atoms with E-state index in [0.717, 1.165) is 0 Å². The fourth-order valence-corrected chi connectivity index (χ4v) is 1.01. The van der Waals surface area contributed by atoms with E-state index in [-0.39, 0.29) is 11.8 Å². The van der Waals surface area contributed by atoms with Crippen LogP contribution in [0.15, 0.2) is 0 Å². The van der Waals surface area contributed by atoms with Crippen LogP contribution in [-0.4, -0.2) is 30.3 Å². The number of nitriles is 1. The fraction of sp³-hybridized carbons (Fsp3) is 0.857. The topological polar surface area (TPSA) is 36.3 Å². The summed E-state index contributed by atoms with van der Waals surface area (Å²) in [6.45, 7) is 4.64. The summed E-state index contributed by atoms with van der Waals surface area (Å²) < 4.78 is 5.38. The Morgan fingerprint density at radius 3 is 2.50 bits per heavy atom. The van der Waals surface area contributed by atoms with E-state index < -0.39 is 0 Å². The van der Waals surface area contributed by atoms with E-state index in [2.05, 4.69) is 6.07 Å². The minimum atomic E-state index is -0.263. The molecule has 1 aliphatic heterocycles. The molecule has 3 nitrogen and oxygen atoms in total. The highest BCUT2D eigenvalue weighted by atomic mass is 16.5. The number of nitrogens with zero attached hydrogens (tertiary/aromatic N) is 2. The van der Waals surface area contributed by atoms with Crippen molar-refractivity contribution in [1.82, 2.24) is 4.90 Å². The highest BCUT2D eigenvalue weighted by Gasteiger charge is 2.36. The van der Waals surface area contributed by atoms with Crippen molar-refractivity contribution >= 4 is 0 Å². The molecule has 0 amide bonds. The summed E-state index contributed by atoms with van der Waals surface area (Å²) in [6.07, 6.45) is -0.250. The second-order valence-electron chi connectivity index (χ2n) is 3.06. The second kappa shape index (κ2) is 2.22. The summed E-state index contributed by atoms with van der Waals surface area (Å²) in [6, 6.07) is 2.09. The van der Waals surface area contributed by atoms with Crippen LogP contribution in [0.1, 0.15) is 13.8 Å². The first-order valence-electron chi connectivity index (χ1n) is 3.35. The molecule has 0 radical (unpaired) electrons. The van der Waals surface area contributed by atoms with Gasteiger partial charge >= 0.3 is 0 Å². The summed E-state index contributed by atoms with van der Waals surface area (Å²) in [5.41, 5.74) is -0.263. The molecule has 0 aromatic carbocycles. The number of likely N-dealkylation sites (N-methyl/N-ethyl adjacent to an activating group) is 1. The number of hydrogen-bond donors (Lipinski definition) is 0. The van der Waals surface area contributed by atoms with Crippen molar-refractivity contribution in [2.24, 2.45) is 0 Å². The third kappa shape index (κ3) is 1.13. The Kier molecular flexibility index (Phi) is 1.67. The zero-order valence-corrected chi connectivity index (χ0v) is 6.59. The fourth-order valence-electron chi connectivity index (χ4n) is 1.01. The van der Waals surface area contributed by atoms with Gasteiger partial charge in [-0.1, -0.05) is 0 Å². The van der Waals surface area contributed by atoms with E-state index in [0.29, 0.717) is 6.54 Å². The van der Waals surface area contributed by atoms with E-state index in [1.54, 1.807) is 0 Å². The standard InChI is InChI=1S/C7H12N2O/c1-7(2)9(3)5-6(4-8)10-7/h6H,5H2,1-3H3. The first-order chi connectivity index (χ1) is 4.56. The smallest absolute Gasteiger partial charge is 0.159 e. The van der Waals surface area contributed by atoms with E-state index >= 15 is 0 Å². The zero-order chi connectivity index (χ0) is 7.78. The molecule has 0 aliphatic carbocycles. The predicted octanol–water partition coefficient (Wildman–Crippen LogP) is 0.577. The molecule has 1 atom stereocenters. The molecule has 10 heavy (non-hydrogen) atoms. The lowest BCUT2D eigenvalue weighted by Gasteiger charge is -2.24. The predicted molar refractivity (Wildman–Crippen MR) is 37.2 cm³/mol. The van der Waals surface area contributed by atoms with Gasteiger partial charge in [0.25, 0.3) is 0 Å². The first-order valence-corrected chi connectivity index (χ1v) is 3.35. The van der Waals surface area contributed by atoms with Crippen LogP contribution in [0.25, 0.3) is 0 Å². The summed E-state index contributed by atoms with van der Waals surface area (Å²) >= 11 is 0. The quantitative estimate of drug-likeness (QED) is 0.493. The molecule has 0 spiro atoms. The Balaban J connectivity index is 2.64. The van der Waals surface area contributed by atoms with Gasteiger partial charge in [-0.25, -0.2) is 0 Å². The van der Waals surface area contributed by atoms with Crippen LogP contribution in [-0.2, 0) is 4.74 Å². The Morgan fingerprint density at radius 1 is 1.70 bits per heavy atom. The molecular formula is C7H12N2O. The number of rotatable bonds is 0. The van der Waals surface area contributed by atoms with Crippen LogP contribution < -0.4 is 0 Å². The molecule has 1 rings (SSSR count). The molecule has 0 N–H and O–H groups in total. The molecule has 0 aromatic heterocycles. The molecule has 1 aliphatic rings. The van der Waals surface area contributed by atoms with Gasteiger partial charge in [-0.2, -0.15) is 5.26 Å². The molecule has 1 heterocycles. The van der Waals surface area contributed by atoms with Gasteiger partial charge in [-0.15, -0.1) is 0 Å². The van der Waals surface area contributed by atoms with Crippen LogP contribution in [0, 0.1) is 11.3 Å². The maximum absolute atomic E-state index is 8.51. The average Bonchev–Trinajstić information content (AvgIpc) is 2.08. The van der Waals surface area contributed by atoms with Crippen LogP contribution in [0.4, 0.5) is 0 Å². The monoisotopic (exact) mass is 140 g/mol. The lowest BCUT2D eigenvalue weighted by molar-refractivity contribution is -0.0539. The summed E-state index contributed by atoms with van der Waals surface area (Å²) in [5.74, 6) is 0. The van der Waals surface area contributed by atoms with Crippen LogP contribution in [0.5, 0.6) is 0 Å². The minimum absolute atomic E-state index is 0.250. The molecule has 0 aromatic rings. The van der Waals surface area contributed by atoms with Crippen molar-refractivity contribution in [3.63, 3.8) is 0 Å². The van der Waals surface area contributed by atoms with Crippen molar-refractivity contribution in [3.05, 3.63) is 0 Å². The maximum atomic E-state index is 8.51. The van der Waals surface area contributed by atoms with Gasteiger partial charge in [0.05, 0.1) is 6.07 Å². The largest absolute Gasteiger partial charge is 0.342 e. The van der Waals surface area contributed by atoms with Crippen LogP contribution in [0.2, 0.25) is 0 Å². The van der Waals surface area contributed by atoms with Crippen molar-refractivity contribution in [1.29, 1.82) is 5.26 Å². The van der Waals surface area contributed by atoms with Crippen molar-refractivity contribution < 1.29 is 4.74 Å². The van der Waals surface area contributed by atoms with Crippen molar-refractivity contribution in [2.75, 3.05) is 13.6 Å². The molecule has 0 bridgehead atoms. The van der Waals surface area contributed by atoms with Crippen LogP contribution >= 0.6 is 0 Å². The van der Waals surface area contributed by atoms with Gasteiger partial charge in [0.15, 0.2) is 6.10 Å². The van der Waals surface area contributed by atoms with Crippen molar-refractivity contribution in [2.45, 2.75) is 25.7 Å². The van der Waals surface area contributed by atoms with E-state index in [1.165, 1.54) is 0 Å². The van der Waals surface area contributed by atoms with Crippen LogP contribution in [0.3, 0.4) is 0 Å². The molecule has 1 fully saturated rings. The highest BCUT2D eigenvalue weighted by molar-refractivity contribution is 4.94. The number of hydrogen-bond acceptors (Lipinski definition) is 3. The van der Waals surface area contributed by atoms with Gasteiger partial charge in [-0.3, -0.25) is 4.90 Å². The molecular weight excluding hydrogens is 128 g/mol. The SMILES string of the molecule is CN1CC(C#N)OC1(C)C.